The summed E-state index contributed by atoms with van der Waals surface area (Å²) >= 11 is 0. The molecule has 0 amide bonds. The zero-order valence-electron chi connectivity index (χ0n) is 10.2. The fraction of sp³-hybridized carbons (Fsp3) is 0.667. The van der Waals surface area contributed by atoms with Crippen molar-refractivity contribution < 1.29 is 9.84 Å². The number of aromatic nitrogens is 2. The van der Waals surface area contributed by atoms with Gasteiger partial charge in [0.2, 0.25) is 0 Å². The van der Waals surface area contributed by atoms with Crippen LogP contribution >= 0.6 is 0 Å². The first-order chi connectivity index (χ1) is 8.76. The van der Waals surface area contributed by atoms with Gasteiger partial charge in [-0.15, -0.1) is 0 Å². The Balaban J connectivity index is 1.81. The molecular weight excluding hydrogens is 232 g/mol. The minimum absolute atomic E-state index is 0.0343. The Morgan fingerprint density at radius 2 is 2.28 bits per heavy atom. The maximum Gasteiger partial charge on any atom is 0.136 e. The third-order valence-electron chi connectivity index (χ3n) is 3.36. The Hall–Kier alpha value is -1.40. The van der Waals surface area contributed by atoms with E-state index in [2.05, 4.69) is 14.9 Å². The molecule has 18 heavy (non-hydrogen) atoms. The Labute approximate surface area is 106 Å². The first-order valence-corrected chi connectivity index (χ1v) is 6.38. The lowest BCUT2D eigenvalue weighted by Crippen LogP contribution is -2.44. The number of ether oxygens (including phenoxy) is 1. The predicted octanol–water partition coefficient (Wildman–Crippen LogP) is 0.134. The van der Waals surface area contributed by atoms with Gasteiger partial charge in [0.25, 0.3) is 0 Å². The van der Waals surface area contributed by atoms with Crippen molar-refractivity contribution in [1.82, 2.24) is 9.97 Å². The summed E-state index contributed by atoms with van der Waals surface area (Å²) in [6.07, 6.45) is 2.18. The Bertz CT molecular complexity index is 436. The number of nitrogens with two attached hydrogens (primary N) is 1. The van der Waals surface area contributed by atoms with E-state index in [1.54, 1.807) is 6.07 Å². The largest absolute Gasteiger partial charge is 0.394 e. The van der Waals surface area contributed by atoms with E-state index in [4.69, 9.17) is 15.6 Å². The minimum Gasteiger partial charge on any atom is -0.394 e. The molecule has 1 saturated carbocycles. The van der Waals surface area contributed by atoms with Gasteiger partial charge in [-0.3, -0.25) is 0 Å². The minimum atomic E-state index is -0.140. The molecule has 1 atom stereocenters. The van der Waals surface area contributed by atoms with Crippen molar-refractivity contribution in [1.29, 1.82) is 0 Å². The van der Waals surface area contributed by atoms with Crippen LogP contribution in [-0.4, -0.2) is 47.5 Å². The number of hydrogen-bond donors (Lipinski definition) is 2. The molecule has 0 bridgehead atoms. The average molecular weight is 250 g/mol. The molecule has 0 radical (unpaired) electrons. The van der Waals surface area contributed by atoms with Gasteiger partial charge < -0.3 is 20.5 Å². The zero-order chi connectivity index (χ0) is 12.5. The van der Waals surface area contributed by atoms with Crippen molar-refractivity contribution in [3.05, 3.63) is 11.9 Å². The first kappa shape index (κ1) is 11.7. The molecule has 6 nitrogen and oxygen atoms in total. The van der Waals surface area contributed by atoms with Gasteiger partial charge in [0.1, 0.15) is 17.5 Å². The van der Waals surface area contributed by atoms with Crippen molar-refractivity contribution in [3.63, 3.8) is 0 Å². The number of anilines is 2. The van der Waals surface area contributed by atoms with E-state index >= 15 is 0 Å². The Morgan fingerprint density at radius 3 is 3.00 bits per heavy atom. The van der Waals surface area contributed by atoms with Gasteiger partial charge in [-0.25, -0.2) is 9.97 Å². The molecule has 1 aliphatic carbocycles. The number of aliphatic hydroxyl groups is 1. The van der Waals surface area contributed by atoms with Crippen LogP contribution < -0.4 is 10.6 Å². The van der Waals surface area contributed by atoms with Crippen LogP contribution in [0.15, 0.2) is 6.07 Å². The van der Waals surface area contributed by atoms with Crippen LogP contribution in [0.5, 0.6) is 0 Å². The summed E-state index contributed by atoms with van der Waals surface area (Å²) in [5.74, 6) is 2.72. The molecule has 1 aromatic rings. The van der Waals surface area contributed by atoms with Gasteiger partial charge in [0, 0.05) is 25.1 Å². The SMILES string of the molecule is Nc1cc(N2CCOC(CO)C2)nc(C2CC2)n1. The third-order valence-corrected chi connectivity index (χ3v) is 3.36. The number of morpholine rings is 1. The predicted molar refractivity (Wildman–Crippen MR) is 67.5 cm³/mol. The molecule has 6 heteroatoms. The average Bonchev–Trinajstić information content (AvgIpc) is 3.22. The van der Waals surface area contributed by atoms with Crippen LogP contribution in [0.4, 0.5) is 11.6 Å². The van der Waals surface area contributed by atoms with Crippen molar-refractivity contribution in [2.75, 3.05) is 36.9 Å². The Morgan fingerprint density at radius 1 is 1.44 bits per heavy atom. The molecule has 3 rings (SSSR count). The number of hydrogen-bond acceptors (Lipinski definition) is 6. The zero-order valence-corrected chi connectivity index (χ0v) is 10.2. The highest BCUT2D eigenvalue weighted by Gasteiger charge is 2.28. The summed E-state index contributed by atoms with van der Waals surface area (Å²) in [4.78, 5) is 11.0. The van der Waals surface area contributed by atoms with E-state index in [0.29, 0.717) is 24.9 Å². The fourth-order valence-electron chi connectivity index (χ4n) is 2.20. The van der Waals surface area contributed by atoms with Gasteiger partial charge in [-0.1, -0.05) is 0 Å². The van der Waals surface area contributed by atoms with E-state index in [1.807, 2.05) is 0 Å². The van der Waals surface area contributed by atoms with Crippen LogP contribution in [0.3, 0.4) is 0 Å². The molecule has 1 aliphatic heterocycles. The number of nitrogens with zero attached hydrogens (tertiary/aromatic N) is 3. The molecule has 2 heterocycles. The second kappa shape index (κ2) is 4.70. The summed E-state index contributed by atoms with van der Waals surface area (Å²) in [6, 6.07) is 1.80. The van der Waals surface area contributed by atoms with Crippen LogP contribution in [0.1, 0.15) is 24.6 Å². The lowest BCUT2D eigenvalue weighted by molar-refractivity contribution is 0.00335. The Kier molecular flexibility index (Phi) is 3.05. The standard InChI is InChI=1S/C12H18N4O2/c13-10-5-11(15-12(14-10)8-1-2-8)16-3-4-18-9(6-16)7-17/h5,8-9,17H,1-4,6-7H2,(H2,13,14,15). The van der Waals surface area contributed by atoms with Gasteiger partial charge in [0.15, 0.2) is 0 Å². The van der Waals surface area contributed by atoms with Crippen molar-refractivity contribution >= 4 is 11.6 Å². The lowest BCUT2D eigenvalue weighted by Gasteiger charge is -2.33. The molecule has 1 saturated heterocycles. The summed E-state index contributed by atoms with van der Waals surface area (Å²) in [5.41, 5.74) is 5.84. The second-order valence-corrected chi connectivity index (χ2v) is 4.90. The molecule has 2 fully saturated rings. The first-order valence-electron chi connectivity index (χ1n) is 6.38. The highest BCUT2D eigenvalue weighted by Crippen LogP contribution is 2.39. The maximum atomic E-state index is 9.15. The monoisotopic (exact) mass is 250 g/mol. The molecule has 2 aliphatic rings. The van der Waals surface area contributed by atoms with Crippen LogP contribution in [0.25, 0.3) is 0 Å². The van der Waals surface area contributed by atoms with E-state index < -0.39 is 0 Å². The summed E-state index contributed by atoms with van der Waals surface area (Å²) in [6.45, 7) is 2.06. The molecule has 3 N–H and O–H groups in total. The van der Waals surface area contributed by atoms with Gasteiger partial charge in [-0.05, 0) is 12.8 Å². The highest BCUT2D eigenvalue weighted by atomic mass is 16.5. The van der Waals surface area contributed by atoms with Gasteiger partial charge in [0.05, 0.1) is 19.3 Å². The molecule has 1 unspecified atom stereocenters. The van der Waals surface area contributed by atoms with E-state index in [9.17, 15) is 0 Å². The van der Waals surface area contributed by atoms with Crippen molar-refractivity contribution in [3.8, 4) is 0 Å². The summed E-state index contributed by atoms with van der Waals surface area (Å²) in [5, 5.41) is 9.15. The van der Waals surface area contributed by atoms with Crippen LogP contribution in [-0.2, 0) is 4.74 Å². The molecule has 0 aromatic carbocycles. The lowest BCUT2D eigenvalue weighted by atomic mass is 10.2. The molecular formula is C12H18N4O2. The van der Waals surface area contributed by atoms with Crippen LogP contribution in [0.2, 0.25) is 0 Å². The molecule has 98 valence electrons. The number of nitrogen functional groups attached to an aromatic ring is 1. The smallest absolute Gasteiger partial charge is 0.136 e. The maximum absolute atomic E-state index is 9.15. The topological polar surface area (TPSA) is 84.5 Å². The molecule has 0 spiro atoms. The quantitative estimate of drug-likeness (QED) is 0.793. The number of aliphatic hydroxyl groups excluding tert-OH is 1. The van der Waals surface area contributed by atoms with E-state index in [-0.39, 0.29) is 12.7 Å². The van der Waals surface area contributed by atoms with Crippen molar-refractivity contribution in [2.45, 2.75) is 24.9 Å². The van der Waals surface area contributed by atoms with E-state index in [0.717, 1.165) is 31.0 Å². The number of rotatable bonds is 3. The fourth-order valence-corrected chi connectivity index (χ4v) is 2.20. The normalized spacial score (nSPS) is 24.3. The van der Waals surface area contributed by atoms with Gasteiger partial charge >= 0.3 is 0 Å². The molecule has 1 aromatic heterocycles. The second-order valence-electron chi connectivity index (χ2n) is 4.90. The summed E-state index contributed by atoms with van der Waals surface area (Å²) in [7, 11) is 0. The third kappa shape index (κ3) is 2.39. The highest BCUT2D eigenvalue weighted by molar-refractivity contribution is 5.48. The van der Waals surface area contributed by atoms with Crippen molar-refractivity contribution in [2.24, 2.45) is 0 Å². The van der Waals surface area contributed by atoms with Gasteiger partial charge in [-0.2, -0.15) is 0 Å². The van der Waals surface area contributed by atoms with E-state index in [1.165, 1.54) is 0 Å². The summed E-state index contributed by atoms with van der Waals surface area (Å²) < 4.78 is 5.43. The van der Waals surface area contributed by atoms with Crippen LogP contribution in [0, 0.1) is 0 Å².